The van der Waals surface area contributed by atoms with Crippen LogP contribution in [0.2, 0.25) is 0 Å². The Kier molecular flexibility index (Phi) is 7.06. The Morgan fingerprint density at radius 3 is 2.57 bits per heavy atom. The van der Waals surface area contributed by atoms with Crippen LogP contribution < -0.4 is 20.5 Å². The summed E-state index contributed by atoms with van der Waals surface area (Å²) < 4.78 is 16.5. The first-order chi connectivity index (χ1) is 13.7. The van der Waals surface area contributed by atoms with Crippen LogP contribution in [0, 0.1) is 5.92 Å². The third-order valence-electron chi connectivity index (χ3n) is 4.54. The van der Waals surface area contributed by atoms with E-state index in [1.54, 1.807) is 14.2 Å². The number of nitrogens with zero attached hydrogens (tertiary/aromatic N) is 1. The van der Waals surface area contributed by atoms with Gasteiger partial charge in [-0.1, -0.05) is 24.3 Å². The molecule has 3 aromatic rings. The van der Waals surface area contributed by atoms with Gasteiger partial charge in [-0.15, -0.1) is 0 Å². The van der Waals surface area contributed by atoms with Crippen molar-refractivity contribution < 1.29 is 14.2 Å². The molecule has 0 radical (unpaired) electrons. The van der Waals surface area contributed by atoms with Gasteiger partial charge in [0.05, 0.1) is 19.2 Å². The number of ether oxygens (including phenoxy) is 3. The second-order valence-electron chi connectivity index (χ2n) is 6.60. The standard InChI is InChI=1S/C22H27N3O3/c1-26-14-17(12-23)13-24-22-11-21(19-5-3-4-6-20(19)25-22)28-15-16-7-9-18(27-2)10-8-16/h3-11,17H,12-15,23H2,1-2H3,(H,24,25). The van der Waals surface area contributed by atoms with Gasteiger partial charge < -0.3 is 25.3 Å². The normalized spacial score (nSPS) is 12.0. The Morgan fingerprint density at radius 1 is 1.07 bits per heavy atom. The molecule has 1 unspecified atom stereocenters. The van der Waals surface area contributed by atoms with Gasteiger partial charge in [0.15, 0.2) is 0 Å². The maximum absolute atomic E-state index is 6.13. The van der Waals surface area contributed by atoms with Crippen LogP contribution in [0.25, 0.3) is 10.9 Å². The number of nitrogens with one attached hydrogen (secondary N) is 1. The molecule has 2 aromatic carbocycles. The van der Waals surface area contributed by atoms with E-state index in [-0.39, 0.29) is 5.92 Å². The average Bonchev–Trinajstić information content (AvgIpc) is 2.75. The van der Waals surface area contributed by atoms with Crippen molar-refractivity contribution in [2.45, 2.75) is 6.61 Å². The van der Waals surface area contributed by atoms with E-state index in [1.165, 1.54) is 0 Å². The van der Waals surface area contributed by atoms with Crippen molar-refractivity contribution in [1.82, 2.24) is 4.98 Å². The summed E-state index contributed by atoms with van der Waals surface area (Å²) in [6.07, 6.45) is 0. The zero-order chi connectivity index (χ0) is 19.8. The maximum atomic E-state index is 6.13. The van der Waals surface area contributed by atoms with Crippen LogP contribution in [0.3, 0.4) is 0 Å². The molecule has 3 N–H and O–H groups in total. The van der Waals surface area contributed by atoms with Crippen molar-refractivity contribution in [2.75, 3.05) is 39.2 Å². The summed E-state index contributed by atoms with van der Waals surface area (Å²) in [6.45, 7) is 2.31. The molecule has 0 aliphatic carbocycles. The minimum absolute atomic E-state index is 0.224. The van der Waals surface area contributed by atoms with Gasteiger partial charge in [0.2, 0.25) is 0 Å². The lowest BCUT2D eigenvalue weighted by atomic mass is 10.1. The summed E-state index contributed by atoms with van der Waals surface area (Å²) in [5, 5.41) is 4.34. The van der Waals surface area contributed by atoms with E-state index in [1.807, 2.05) is 54.6 Å². The second-order valence-corrected chi connectivity index (χ2v) is 6.60. The van der Waals surface area contributed by atoms with Gasteiger partial charge >= 0.3 is 0 Å². The van der Waals surface area contributed by atoms with Gasteiger partial charge in [-0.2, -0.15) is 0 Å². The molecule has 28 heavy (non-hydrogen) atoms. The number of aromatic nitrogens is 1. The summed E-state index contributed by atoms with van der Waals surface area (Å²) in [5.41, 5.74) is 7.75. The van der Waals surface area contributed by atoms with Gasteiger partial charge in [-0.25, -0.2) is 4.98 Å². The lowest BCUT2D eigenvalue weighted by Gasteiger charge is -2.16. The Labute approximate surface area is 165 Å². The molecule has 0 fully saturated rings. The molecule has 0 aliphatic heterocycles. The largest absolute Gasteiger partial charge is 0.497 e. The zero-order valence-electron chi connectivity index (χ0n) is 16.4. The molecular formula is C22H27N3O3. The first-order valence-corrected chi connectivity index (χ1v) is 9.32. The monoisotopic (exact) mass is 381 g/mol. The maximum Gasteiger partial charge on any atom is 0.132 e. The molecule has 0 saturated heterocycles. The molecule has 148 valence electrons. The van der Waals surface area contributed by atoms with Gasteiger partial charge in [-0.05, 0) is 36.4 Å². The predicted octanol–water partition coefficient (Wildman–Crippen LogP) is 3.46. The molecule has 6 nitrogen and oxygen atoms in total. The SMILES string of the molecule is COCC(CN)CNc1cc(OCc2ccc(OC)cc2)c2ccccc2n1. The number of anilines is 1. The van der Waals surface area contributed by atoms with E-state index < -0.39 is 0 Å². The smallest absolute Gasteiger partial charge is 0.132 e. The third-order valence-corrected chi connectivity index (χ3v) is 4.54. The molecule has 0 aliphatic rings. The van der Waals surface area contributed by atoms with Crippen LogP contribution in [-0.2, 0) is 11.3 Å². The van der Waals surface area contributed by atoms with Crippen LogP contribution >= 0.6 is 0 Å². The minimum atomic E-state index is 0.224. The topological polar surface area (TPSA) is 78.6 Å². The van der Waals surface area contributed by atoms with Crippen LogP contribution in [0.4, 0.5) is 5.82 Å². The van der Waals surface area contributed by atoms with E-state index >= 15 is 0 Å². The van der Waals surface area contributed by atoms with Crippen LogP contribution in [0.1, 0.15) is 5.56 Å². The summed E-state index contributed by atoms with van der Waals surface area (Å²) in [6, 6.07) is 17.8. The van der Waals surface area contributed by atoms with Crippen molar-refractivity contribution in [3.8, 4) is 11.5 Å². The molecule has 0 bridgehead atoms. The Balaban J connectivity index is 1.77. The fraction of sp³-hybridized carbons (Fsp3) is 0.318. The summed E-state index contributed by atoms with van der Waals surface area (Å²) in [4.78, 5) is 4.69. The molecule has 6 heteroatoms. The number of para-hydroxylation sites is 1. The summed E-state index contributed by atoms with van der Waals surface area (Å²) >= 11 is 0. The third kappa shape index (κ3) is 5.12. The van der Waals surface area contributed by atoms with E-state index in [2.05, 4.69) is 5.32 Å². The number of nitrogens with two attached hydrogens (primary N) is 1. The van der Waals surface area contributed by atoms with Crippen LogP contribution in [0.15, 0.2) is 54.6 Å². The predicted molar refractivity (Wildman–Crippen MR) is 112 cm³/mol. The summed E-state index contributed by atoms with van der Waals surface area (Å²) in [5.74, 6) is 2.61. The van der Waals surface area contributed by atoms with Crippen molar-refractivity contribution in [2.24, 2.45) is 11.7 Å². The lowest BCUT2D eigenvalue weighted by Crippen LogP contribution is -2.27. The Hall–Kier alpha value is -2.83. The molecule has 1 aromatic heterocycles. The first-order valence-electron chi connectivity index (χ1n) is 9.32. The highest BCUT2D eigenvalue weighted by Crippen LogP contribution is 2.28. The highest BCUT2D eigenvalue weighted by molar-refractivity contribution is 5.86. The quantitative estimate of drug-likeness (QED) is 0.560. The van der Waals surface area contributed by atoms with Gasteiger partial charge in [-0.3, -0.25) is 0 Å². The Morgan fingerprint density at radius 2 is 1.86 bits per heavy atom. The van der Waals surface area contributed by atoms with E-state index in [9.17, 15) is 0 Å². The van der Waals surface area contributed by atoms with Crippen LogP contribution in [0.5, 0.6) is 11.5 Å². The van der Waals surface area contributed by atoms with E-state index in [4.69, 9.17) is 24.9 Å². The number of rotatable bonds is 10. The van der Waals surface area contributed by atoms with Gasteiger partial charge in [0.25, 0.3) is 0 Å². The number of methoxy groups -OCH3 is 2. The minimum Gasteiger partial charge on any atom is -0.497 e. The fourth-order valence-corrected chi connectivity index (χ4v) is 2.93. The molecule has 1 heterocycles. The molecular weight excluding hydrogens is 354 g/mol. The van der Waals surface area contributed by atoms with Gasteiger partial charge in [0, 0.05) is 31.0 Å². The number of hydrogen-bond donors (Lipinski definition) is 2. The van der Waals surface area contributed by atoms with Gasteiger partial charge in [0.1, 0.15) is 23.9 Å². The van der Waals surface area contributed by atoms with Crippen molar-refractivity contribution in [1.29, 1.82) is 0 Å². The number of pyridine rings is 1. The van der Waals surface area contributed by atoms with Crippen molar-refractivity contribution in [3.05, 3.63) is 60.2 Å². The molecule has 0 spiro atoms. The first kappa shape index (κ1) is 19.9. The fourth-order valence-electron chi connectivity index (χ4n) is 2.93. The van der Waals surface area contributed by atoms with E-state index in [0.29, 0.717) is 26.3 Å². The average molecular weight is 381 g/mol. The van der Waals surface area contributed by atoms with Crippen molar-refractivity contribution in [3.63, 3.8) is 0 Å². The number of benzene rings is 2. The second kappa shape index (κ2) is 9.92. The highest BCUT2D eigenvalue weighted by atomic mass is 16.5. The number of hydrogen-bond acceptors (Lipinski definition) is 6. The molecule has 1 atom stereocenters. The van der Waals surface area contributed by atoms with Crippen LogP contribution in [-0.4, -0.2) is 38.9 Å². The summed E-state index contributed by atoms with van der Waals surface area (Å²) in [7, 11) is 3.34. The number of fused-ring (bicyclic) bond motifs is 1. The molecule has 3 rings (SSSR count). The van der Waals surface area contributed by atoms with Crippen molar-refractivity contribution >= 4 is 16.7 Å². The zero-order valence-corrected chi connectivity index (χ0v) is 16.4. The highest BCUT2D eigenvalue weighted by Gasteiger charge is 2.10. The molecule has 0 saturated carbocycles. The Bertz CT molecular complexity index is 884. The van der Waals surface area contributed by atoms with E-state index in [0.717, 1.165) is 33.8 Å². The molecule has 0 amide bonds. The lowest BCUT2D eigenvalue weighted by molar-refractivity contribution is 0.160.